The van der Waals surface area contributed by atoms with Crippen LogP contribution in [0.5, 0.6) is 0 Å². The van der Waals surface area contributed by atoms with Gasteiger partial charge in [0.1, 0.15) is 18.0 Å². The molecular formula is C14H24N4S. The first-order chi connectivity index (χ1) is 9.15. The molecule has 0 aliphatic carbocycles. The first kappa shape index (κ1) is 14.4. The van der Waals surface area contributed by atoms with Gasteiger partial charge in [-0.2, -0.15) is 11.8 Å². The fourth-order valence-electron chi connectivity index (χ4n) is 2.50. The second kappa shape index (κ2) is 6.46. The lowest BCUT2D eigenvalue weighted by molar-refractivity contribution is 0.677. The molecule has 1 aliphatic rings. The second-order valence-electron chi connectivity index (χ2n) is 5.26. The monoisotopic (exact) mass is 280 g/mol. The van der Waals surface area contributed by atoms with E-state index >= 15 is 0 Å². The quantitative estimate of drug-likeness (QED) is 0.918. The Labute approximate surface area is 120 Å². The van der Waals surface area contributed by atoms with Crippen LogP contribution in [0.1, 0.15) is 39.2 Å². The van der Waals surface area contributed by atoms with E-state index in [1.807, 2.05) is 11.8 Å². The van der Waals surface area contributed by atoms with Gasteiger partial charge in [-0.25, -0.2) is 9.97 Å². The van der Waals surface area contributed by atoms with Crippen LogP contribution < -0.4 is 10.2 Å². The Morgan fingerprint density at radius 3 is 2.89 bits per heavy atom. The van der Waals surface area contributed by atoms with Gasteiger partial charge in [-0.15, -0.1) is 0 Å². The molecule has 1 atom stereocenters. The average molecular weight is 280 g/mol. The van der Waals surface area contributed by atoms with Crippen LogP contribution >= 0.6 is 11.8 Å². The Balaban J connectivity index is 2.40. The topological polar surface area (TPSA) is 41.1 Å². The number of hydrogen-bond acceptors (Lipinski definition) is 5. The van der Waals surface area contributed by atoms with Gasteiger partial charge in [-0.3, -0.25) is 0 Å². The van der Waals surface area contributed by atoms with Gasteiger partial charge in [0.05, 0.1) is 0 Å². The zero-order valence-corrected chi connectivity index (χ0v) is 13.1. The van der Waals surface area contributed by atoms with Gasteiger partial charge < -0.3 is 10.2 Å². The average Bonchev–Trinajstić information content (AvgIpc) is 2.39. The molecule has 1 N–H and O–H groups in total. The summed E-state index contributed by atoms with van der Waals surface area (Å²) >= 11 is 2.03. The van der Waals surface area contributed by atoms with E-state index in [9.17, 15) is 0 Å². The van der Waals surface area contributed by atoms with Crippen LogP contribution in [0.4, 0.5) is 11.6 Å². The predicted octanol–water partition coefficient (Wildman–Crippen LogP) is 2.97. The van der Waals surface area contributed by atoms with Crippen molar-refractivity contribution in [2.24, 2.45) is 0 Å². The molecule has 0 spiro atoms. The highest BCUT2D eigenvalue weighted by atomic mass is 32.2. The van der Waals surface area contributed by atoms with Crippen molar-refractivity contribution in [1.82, 2.24) is 9.97 Å². The van der Waals surface area contributed by atoms with Crippen molar-refractivity contribution in [1.29, 1.82) is 0 Å². The molecule has 5 heteroatoms. The number of aromatic nitrogens is 2. The van der Waals surface area contributed by atoms with E-state index < -0.39 is 0 Å². The molecule has 2 heterocycles. The molecule has 1 unspecified atom stereocenters. The fourth-order valence-corrected chi connectivity index (χ4v) is 3.51. The largest absolute Gasteiger partial charge is 0.370 e. The summed E-state index contributed by atoms with van der Waals surface area (Å²) in [7, 11) is 0. The molecule has 2 rings (SSSR count). The van der Waals surface area contributed by atoms with E-state index in [4.69, 9.17) is 0 Å². The number of nitrogens with one attached hydrogen (secondary N) is 1. The SMILES string of the molecule is CCNc1ncnc(N2CCSCC2C)c1C(C)C. The summed E-state index contributed by atoms with van der Waals surface area (Å²) in [5, 5.41) is 3.37. The minimum atomic E-state index is 0.423. The highest BCUT2D eigenvalue weighted by Crippen LogP contribution is 2.33. The van der Waals surface area contributed by atoms with Crippen molar-refractivity contribution in [2.75, 3.05) is 34.8 Å². The molecule has 106 valence electrons. The third-order valence-corrected chi connectivity index (χ3v) is 4.61. The van der Waals surface area contributed by atoms with Gasteiger partial charge in [-0.1, -0.05) is 13.8 Å². The zero-order valence-electron chi connectivity index (χ0n) is 12.3. The maximum absolute atomic E-state index is 4.58. The number of thioether (sulfide) groups is 1. The van der Waals surface area contributed by atoms with Crippen LogP contribution in [-0.2, 0) is 0 Å². The second-order valence-corrected chi connectivity index (χ2v) is 6.41. The summed E-state index contributed by atoms with van der Waals surface area (Å²) in [6.45, 7) is 10.8. The highest BCUT2D eigenvalue weighted by molar-refractivity contribution is 7.99. The predicted molar refractivity (Wildman–Crippen MR) is 84.4 cm³/mol. The van der Waals surface area contributed by atoms with Gasteiger partial charge in [0.15, 0.2) is 0 Å². The van der Waals surface area contributed by atoms with Crippen LogP contribution in [0.2, 0.25) is 0 Å². The first-order valence-corrected chi connectivity index (χ1v) is 8.23. The van der Waals surface area contributed by atoms with E-state index in [-0.39, 0.29) is 0 Å². The van der Waals surface area contributed by atoms with Crippen LogP contribution in [0, 0.1) is 0 Å². The molecule has 1 aliphatic heterocycles. The maximum atomic E-state index is 4.58. The Morgan fingerprint density at radius 2 is 2.26 bits per heavy atom. The summed E-state index contributed by atoms with van der Waals surface area (Å²) in [6, 6.07) is 0.542. The van der Waals surface area contributed by atoms with Crippen molar-refractivity contribution >= 4 is 23.4 Å². The Bertz CT molecular complexity index is 422. The number of nitrogens with zero attached hydrogens (tertiary/aromatic N) is 3. The third-order valence-electron chi connectivity index (χ3n) is 3.42. The van der Waals surface area contributed by atoms with Crippen molar-refractivity contribution in [3.63, 3.8) is 0 Å². The summed E-state index contributed by atoms with van der Waals surface area (Å²) in [5.74, 6) is 4.90. The number of hydrogen-bond donors (Lipinski definition) is 1. The smallest absolute Gasteiger partial charge is 0.137 e. The molecule has 1 fully saturated rings. The van der Waals surface area contributed by atoms with Crippen LogP contribution in [0.25, 0.3) is 0 Å². The standard InChI is InChI=1S/C14H24N4S/c1-5-15-13-12(10(2)3)14(17-9-16-13)18-6-7-19-8-11(18)4/h9-11H,5-8H2,1-4H3,(H,15,16,17). The molecule has 0 bridgehead atoms. The molecule has 19 heavy (non-hydrogen) atoms. The molecule has 1 aromatic rings. The number of anilines is 2. The number of rotatable bonds is 4. The summed E-state index contributed by atoms with van der Waals surface area (Å²) in [6.07, 6.45) is 1.69. The minimum absolute atomic E-state index is 0.423. The van der Waals surface area contributed by atoms with E-state index in [1.54, 1.807) is 6.33 Å². The van der Waals surface area contributed by atoms with Crippen LogP contribution in [0.15, 0.2) is 6.33 Å². The lowest BCUT2D eigenvalue weighted by Crippen LogP contribution is -2.41. The zero-order chi connectivity index (χ0) is 13.8. The molecular weight excluding hydrogens is 256 g/mol. The summed E-state index contributed by atoms with van der Waals surface area (Å²) < 4.78 is 0. The van der Waals surface area contributed by atoms with Crippen molar-refractivity contribution in [3.8, 4) is 0 Å². The Morgan fingerprint density at radius 1 is 1.47 bits per heavy atom. The van der Waals surface area contributed by atoms with E-state index in [2.05, 4.69) is 47.9 Å². The van der Waals surface area contributed by atoms with Gasteiger partial charge in [0.2, 0.25) is 0 Å². The van der Waals surface area contributed by atoms with Gasteiger partial charge in [0.25, 0.3) is 0 Å². The Kier molecular flexibility index (Phi) is 4.91. The van der Waals surface area contributed by atoms with Crippen molar-refractivity contribution < 1.29 is 0 Å². The van der Waals surface area contributed by atoms with Crippen molar-refractivity contribution in [2.45, 2.75) is 39.7 Å². The first-order valence-electron chi connectivity index (χ1n) is 7.08. The molecule has 0 saturated carbocycles. The molecule has 1 aromatic heterocycles. The molecule has 0 aromatic carbocycles. The molecule has 0 amide bonds. The maximum Gasteiger partial charge on any atom is 0.137 e. The van der Waals surface area contributed by atoms with Gasteiger partial charge in [0, 0.05) is 36.2 Å². The van der Waals surface area contributed by atoms with Gasteiger partial charge >= 0.3 is 0 Å². The highest BCUT2D eigenvalue weighted by Gasteiger charge is 2.25. The van der Waals surface area contributed by atoms with E-state index in [0.29, 0.717) is 12.0 Å². The molecule has 0 radical (unpaired) electrons. The lowest BCUT2D eigenvalue weighted by atomic mass is 10.0. The fraction of sp³-hybridized carbons (Fsp3) is 0.714. The van der Waals surface area contributed by atoms with Gasteiger partial charge in [-0.05, 0) is 19.8 Å². The molecule has 1 saturated heterocycles. The summed E-state index contributed by atoms with van der Waals surface area (Å²) in [4.78, 5) is 11.4. The van der Waals surface area contributed by atoms with E-state index in [0.717, 1.165) is 24.7 Å². The normalized spacial score (nSPS) is 19.8. The van der Waals surface area contributed by atoms with Crippen LogP contribution in [-0.4, -0.2) is 40.6 Å². The van der Waals surface area contributed by atoms with Crippen LogP contribution in [0.3, 0.4) is 0 Å². The Hall–Kier alpha value is -0.970. The lowest BCUT2D eigenvalue weighted by Gasteiger charge is -2.36. The summed E-state index contributed by atoms with van der Waals surface area (Å²) in [5.41, 5.74) is 1.25. The third kappa shape index (κ3) is 3.14. The minimum Gasteiger partial charge on any atom is -0.370 e. The van der Waals surface area contributed by atoms with Crippen molar-refractivity contribution in [3.05, 3.63) is 11.9 Å². The van der Waals surface area contributed by atoms with E-state index in [1.165, 1.54) is 17.1 Å². The molecule has 4 nitrogen and oxygen atoms in total.